The van der Waals surface area contributed by atoms with Crippen molar-refractivity contribution in [3.8, 4) is 0 Å². The first-order chi connectivity index (χ1) is 8.09. The van der Waals surface area contributed by atoms with Crippen LogP contribution in [-0.4, -0.2) is 35.5 Å². The van der Waals surface area contributed by atoms with Gasteiger partial charge in [-0.25, -0.2) is 0 Å². The van der Waals surface area contributed by atoms with Crippen molar-refractivity contribution in [2.45, 2.75) is 84.6 Å². The first-order valence-electron chi connectivity index (χ1n) is 7.14. The molecule has 0 aromatic heterocycles. The highest BCUT2D eigenvalue weighted by atomic mass is 16.5. The van der Waals surface area contributed by atoms with Gasteiger partial charge in [0.05, 0.1) is 18.3 Å². The quantitative estimate of drug-likeness (QED) is 0.795. The maximum absolute atomic E-state index is 9.42. The Bertz CT molecular complexity index is 246. The average Bonchev–Trinajstić information content (AvgIpc) is 2.08. The molecule has 0 aromatic carbocycles. The first kappa shape index (κ1) is 15.9. The topological polar surface area (TPSA) is 41.5 Å². The molecule has 0 aromatic rings. The van der Waals surface area contributed by atoms with E-state index in [9.17, 15) is 5.11 Å². The predicted octanol–water partition coefficient (Wildman–Crippen LogP) is 2.72. The molecule has 1 rings (SSSR count). The SMILES string of the molecule is CC(C)(C)CC(CO)NC1CC(OC(C)(C)C)C1. The monoisotopic (exact) mass is 257 g/mol. The van der Waals surface area contributed by atoms with Crippen molar-refractivity contribution in [1.29, 1.82) is 0 Å². The molecular weight excluding hydrogens is 226 g/mol. The smallest absolute Gasteiger partial charge is 0.0612 e. The van der Waals surface area contributed by atoms with E-state index in [2.05, 4.69) is 46.9 Å². The largest absolute Gasteiger partial charge is 0.395 e. The highest BCUT2D eigenvalue weighted by molar-refractivity contribution is 4.90. The number of ether oxygens (including phenoxy) is 1. The second-order valence-electron chi connectivity index (χ2n) is 7.83. The summed E-state index contributed by atoms with van der Waals surface area (Å²) in [5.41, 5.74) is 0.211. The lowest BCUT2D eigenvalue weighted by molar-refractivity contribution is -0.104. The van der Waals surface area contributed by atoms with Crippen LogP contribution >= 0.6 is 0 Å². The maximum Gasteiger partial charge on any atom is 0.0612 e. The number of rotatable bonds is 5. The van der Waals surface area contributed by atoms with Gasteiger partial charge in [0, 0.05) is 12.1 Å². The Morgan fingerprint density at radius 2 is 1.72 bits per heavy atom. The number of hydrogen-bond donors (Lipinski definition) is 2. The molecule has 0 spiro atoms. The van der Waals surface area contributed by atoms with Crippen LogP contribution in [0.1, 0.15) is 60.8 Å². The van der Waals surface area contributed by atoms with Gasteiger partial charge in [0.25, 0.3) is 0 Å². The summed E-state index contributed by atoms with van der Waals surface area (Å²) in [6.07, 6.45) is 3.53. The fourth-order valence-corrected chi connectivity index (χ4v) is 2.55. The van der Waals surface area contributed by atoms with Crippen molar-refractivity contribution in [3.05, 3.63) is 0 Å². The van der Waals surface area contributed by atoms with E-state index in [-0.39, 0.29) is 23.7 Å². The molecule has 1 aliphatic carbocycles. The van der Waals surface area contributed by atoms with E-state index in [0.717, 1.165) is 19.3 Å². The Morgan fingerprint density at radius 3 is 2.11 bits per heavy atom. The van der Waals surface area contributed by atoms with Crippen LogP contribution in [0.4, 0.5) is 0 Å². The third-order valence-corrected chi connectivity index (χ3v) is 3.17. The molecule has 2 N–H and O–H groups in total. The number of nitrogens with one attached hydrogen (secondary N) is 1. The molecule has 0 aliphatic heterocycles. The Morgan fingerprint density at radius 1 is 1.17 bits per heavy atom. The minimum atomic E-state index is -0.0442. The number of aliphatic hydroxyl groups is 1. The van der Waals surface area contributed by atoms with Crippen molar-refractivity contribution in [1.82, 2.24) is 5.32 Å². The van der Waals surface area contributed by atoms with Gasteiger partial charge < -0.3 is 15.2 Å². The fourth-order valence-electron chi connectivity index (χ4n) is 2.55. The second kappa shape index (κ2) is 5.89. The Labute approximate surface area is 112 Å². The molecule has 108 valence electrons. The number of hydrogen-bond acceptors (Lipinski definition) is 3. The molecule has 1 saturated carbocycles. The van der Waals surface area contributed by atoms with E-state index < -0.39 is 0 Å². The summed E-state index contributed by atoms with van der Waals surface area (Å²) in [6.45, 7) is 13.2. The second-order valence-corrected chi connectivity index (χ2v) is 7.83. The van der Waals surface area contributed by atoms with Crippen LogP contribution in [0.5, 0.6) is 0 Å². The van der Waals surface area contributed by atoms with E-state index in [0.29, 0.717) is 12.1 Å². The Balaban J connectivity index is 2.25. The van der Waals surface area contributed by atoms with Crippen LogP contribution in [0.15, 0.2) is 0 Å². The molecule has 1 fully saturated rings. The first-order valence-corrected chi connectivity index (χ1v) is 7.14. The zero-order valence-corrected chi connectivity index (χ0v) is 12.9. The fraction of sp³-hybridized carbons (Fsp3) is 1.00. The van der Waals surface area contributed by atoms with Crippen molar-refractivity contribution >= 4 is 0 Å². The standard InChI is InChI=1S/C15H31NO2/c1-14(2,3)9-12(10-17)16-11-7-13(8-11)18-15(4,5)6/h11-13,16-17H,7-10H2,1-6H3. The molecule has 0 radical (unpaired) electrons. The van der Waals surface area contributed by atoms with Crippen molar-refractivity contribution in [2.24, 2.45) is 5.41 Å². The van der Waals surface area contributed by atoms with Gasteiger partial charge in [-0.3, -0.25) is 0 Å². The van der Waals surface area contributed by atoms with Crippen LogP contribution in [0.25, 0.3) is 0 Å². The molecular formula is C15H31NO2. The maximum atomic E-state index is 9.42. The van der Waals surface area contributed by atoms with Gasteiger partial charge in [0.15, 0.2) is 0 Å². The molecule has 0 amide bonds. The van der Waals surface area contributed by atoms with Crippen molar-refractivity contribution < 1.29 is 9.84 Å². The lowest BCUT2D eigenvalue weighted by Gasteiger charge is -2.41. The summed E-state index contributed by atoms with van der Waals surface area (Å²) >= 11 is 0. The summed E-state index contributed by atoms with van der Waals surface area (Å²) < 4.78 is 5.92. The molecule has 1 aliphatic rings. The molecule has 3 nitrogen and oxygen atoms in total. The Kier molecular flexibility index (Phi) is 5.22. The van der Waals surface area contributed by atoms with Crippen molar-refractivity contribution in [2.75, 3.05) is 6.61 Å². The van der Waals surface area contributed by atoms with E-state index in [1.54, 1.807) is 0 Å². The molecule has 3 heteroatoms. The van der Waals surface area contributed by atoms with Crippen molar-refractivity contribution in [3.63, 3.8) is 0 Å². The zero-order chi connectivity index (χ0) is 14.0. The summed E-state index contributed by atoms with van der Waals surface area (Å²) in [4.78, 5) is 0. The third-order valence-electron chi connectivity index (χ3n) is 3.17. The van der Waals surface area contributed by atoms with Gasteiger partial charge in [-0.05, 0) is 45.4 Å². The van der Waals surface area contributed by atoms with E-state index in [1.807, 2.05) is 0 Å². The molecule has 0 saturated heterocycles. The Hall–Kier alpha value is -0.120. The van der Waals surface area contributed by atoms with E-state index in [4.69, 9.17) is 4.74 Å². The van der Waals surface area contributed by atoms with E-state index in [1.165, 1.54) is 0 Å². The molecule has 1 unspecified atom stereocenters. The molecule has 0 bridgehead atoms. The van der Waals surface area contributed by atoms with E-state index >= 15 is 0 Å². The van der Waals surface area contributed by atoms with Gasteiger partial charge in [0.1, 0.15) is 0 Å². The zero-order valence-electron chi connectivity index (χ0n) is 12.9. The van der Waals surface area contributed by atoms with Crippen LogP contribution in [0, 0.1) is 5.41 Å². The lowest BCUT2D eigenvalue weighted by atomic mass is 9.84. The third kappa shape index (κ3) is 6.17. The highest BCUT2D eigenvalue weighted by Gasteiger charge is 2.34. The van der Waals surface area contributed by atoms with Crippen LogP contribution in [0.2, 0.25) is 0 Å². The predicted molar refractivity (Wildman–Crippen MR) is 75.7 cm³/mol. The minimum absolute atomic E-state index is 0.0442. The van der Waals surface area contributed by atoms with Crippen LogP contribution in [0.3, 0.4) is 0 Å². The van der Waals surface area contributed by atoms with Gasteiger partial charge in [-0.15, -0.1) is 0 Å². The summed E-state index contributed by atoms with van der Waals surface area (Å²) in [5.74, 6) is 0. The van der Waals surface area contributed by atoms with Gasteiger partial charge in [-0.1, -0.05) is 20.8 Å². The summed E-state index contributed by atoms with van der Waals surface area (Å²) in [7, 11) is 0. The molecule has 1 atom stereocenters. The normalized spacial score (nSPS) is 26.8. The van der Waals surface area contributed by atoms with Gasteiger partial charge in [0.2, 0.25) is 0 Å². The number of aliphatic hydroxyl groups excluding tert-OH is 1. The highest BCUT2D eigenvalue weighted by Crippen LogP contribution is 2.29. The molecule has 18 heavy (non-hydrogen) atoms. The van der Waals surface area contributed by atoms with Gasteiger partial charge >= 0.3 is 0 Å². The minimum Gasteiger partial charge on any atom is -0.395 e. The van der Waals surface area contributed by atoms with Gasteiger partial charge in [-0.2, -0.15) is 0 Å². The van der Waals surface area contributed by atoms with Crippen LogP contribution < -0.4 is 5.32 Å². The summed E-state index contributed by atoms with van der Waals surface area (Å²) in [5, 5.41) is 13.0. The lowest BCUT2D eigenvalue weighted by Crippen LogP contribution is -2.52. The average molecular weight is 257 g/mol. The van der Waals surface area contributed by atoms with Crippen LogP contribution in [-0.2, 0) is 4.74 Å². The molecule has 0 heterocycles. The summed E-state index contributed by atoms with van der Waals surface area (Å²) in [6, 6.07) is 0.724.